The molecule has 0 saturated carbocycles. The molecule has 5 nitrogen and oxygen atoms in total. The Labute approximate surface area is 141 Å². The number of benzene rings is 1. The molecule has 2 aromatic rings. The first-order valence-corrected chi connectivity index (χ1v) is 7.86. The third kappa shape index (κ3) is 4.65. The standard InChI is InChI=1S/C19H22N2O3/c1-13-15(18(23)24)9-10-16(20-13)17(22)21-19(2,3)12-11-14-7-5-4-6-8-14/h4-10H,11-12H2,1-3H3,(H,21,22)(H,23,24). The second-order valence-corrected chi connectivity index (χ2v) is 6.46. The first-order valence-electron chi connectivity index (χ1n) is 7.86. The van der Waals surface area contributed by atoms with Gasteiger partial charge in [-0.2, -0.15) is 0 Å². The molecule has 24 heavy (non-hydrogen) atoms. The Morgan fingerprint density at radius 3 is 2.38 bits per heavy atom. The quantitative estimate of drug-likeness (QED) is 0.854. The van der Waals surface area contributed by atoms with Gasteiger partial charge in [0, 0.05) is 5.54 Å². The van der Waals surface area contributed by atoms with Crippen molar-refractivity contribution in [1.29, 1.82) is 0 Å². The van der Waals surface area contributed by atoms with Gasteiger partial charge in [0.1, 0.15) is 5.69 Å². The van der Waals surface area contributed by atoms with Crippen LogP contribution in [0.1, 0.15) is 52.4 Å². The third-order valence-corrected chi connectivity index (χ3v) is 3.88. The zero-order chi connectivity index (χ0) is 17.7. The largest absolute Gasteiger partial charge is 0.478 e. The van der Waals surface area contributed by atoms with Crippen LogP contribution in [0.4, 0.5) is 0 Å². The van der Waals surface area contributed by atoms with Crippen LogP contribution in [0.3, 0.4) is 0 Å². The van der Waals surface area contributed by atoms with E-state index in [1.54, 1.807) is 6.92 Å². The fourth-order valence-corrected chi connectivity index (χ4v) is 2.45. The first kappa shape index (κ1) is 17.7. The number of nitrogens with one attached hydrogen (secondary N) is 1. The number of carbonyl (C=O) groups is 2. The van der Waals surface area contributed by atoms with Crippen molar-refractivity contribution < 1.29 is 14.7 Å². The van der Waals surface area contributed by atoms with E-state index < -0.39 is 11.5 Å². The van der Waals surface area contributed by atoms with Crippen molar-refractivity contribution in [2.24, 2.45) is 0 Å². The average molecular weight is 326 g/mol. The van der Waals surface area contributed by atoms with Crippen molar-refractivity contribution in [1.82, 2.24) is 10.3 Å². The van der Waals surface area contributed by atoms with E-state index in [2.05, 4.69) is 22.4 Å². The van der Waals surface area contributed by atoms with E-state index in [1.165, 1.54) is 17.7 Å². The molecule has 0 unspecified atom stereocenters. The van der Waals surface area contributed by atoms with Crippen LogP contribution in [-0.4, -0.2) is 27.5 Å². The zero-order valence-electron chi connectivity index (χ0n) is 14.2. The summed E-state index contributed by atoms with van der Waals surface area (Å²) in [4.78, 5) is 27.5. The van der Waals surface area contributed by atoms with Crippen molar-refractivity contribution >= 4 is 11.9 Å². The number of carboxylic acid groups (broad SMARTS) is 1. The number of nitrogens with zero attached hydrogens (tertiary/aromatic N) is 1. The topological polar surface area (TPSA) is 79.3 Å². The molecule has 1 aromatic heterocycles. The minimum atomic E-state index is -1.05. The molecule has 0 spiro atoms. The fraction of sp³-hybridized carbons (Fsp3) is 0.316. The number of carbonyl (C=O) groups excluding carboxylic acids is 1. The maximum atomic E-state index is 12.4. The van der Waals surface area contributed by atoms with E-state index >= 15 is 0 Å². The molecule has 1 heterocycles. The molecule has 0 aliphatic carbocycles. The highest BCUT2D eigenvalue weighted by molar-refractivity contribution is 5.94. The molecule has 2 rings (SSSR count). The average Bonchev–Trinajstić information content (AvgIpc) is 2.53. The Hall–Kier alpha value is -2.69. The summed E-state index contributed by atoms with van der Waals surface area (Å²) in [6.07, 6.45) is 1.65. The lowest BCUT2D eigenvalue weighted by Gasteiger charge is -2.26. The van der Waals surface area contributed by atoms with Crippen LogP contribution in [0.2, 0.25) is 0 Å². The molecule has 0 bridgehead atoms. The smallest absolute Gasteiger partial charge is 0.337 e. The summed E-state index contributed by atoms with van der Waals surface area (Å²) in [5.74, 6) is -1.34. The molecule has 2 N–H and O–H groups in total. The van der Waals surface area contributed by atoms with Gasteiger partial charge in [0.2, 0.25) is 0 Å². The van der Waals surface area contributed by atoms with E-state index in [9.17, 15) is 9.59 Å². The van der Waals surface area contributed by atoms with Crippen molar-refractivity contribution in [3.8, 4) is 0 Å². The molecular formula is C19H22N2O3. The number of amides is 1. The van der Waals surface area contributed by atoms with E-state index in [4.69, 9.17) is 5.11 Å². The molecule has 0 fully saturated rings. The molecule has 0 saturated heterocycles. The summed E-state index contributed by atoms with van der Waals surface area (Å²) >= 11 is 0. The van der Waals surface area contributed by atoms with Gasteiger partial charge < -0.3 is 10.4 Å². The predicted molar refractivity (Wildman–Crippen MR) is 92.2 cm³/mol. The minimum Gasteiger partial charge on any atom is -0.478 e. The molecule has 0 atom stereocenters. The number of hydrogen-bond donors (Lipinski definition) is 2. The SMILES string of the molecule is Cc1nc(C(=O)NC(C)(C)CCc2ccccc2)ccc1C(=O)O. The Balaban J connectivity index is 2.02. The second kappa shape index (κ2) is 7.25. The highest BCUT2D eigenvalue weighted by Gasteiger charge is 2.22. The molecule has 0 aliphatic heterocycles. The van der Waals surface area contributed by atoms with Crippen molar-refractivity contribution in [2.45, 2.75) is 39.2 Å². The zero-order valence-corrected chi connectivity index (χ0v) is 14.2. The molecule has 5 heteroatoms. The summed E-state index contributed by atoms with van der Waals surface area (Å²) in [6, 6.07) is 13.0. The normalized spacial score (nSPS) is 11.1. The molecule has 0 radical (unpaired) electrons. The number of carboxylic acids is 1. The van der Waals surface area contributed by atoms with Gasteiger partial charge in [-0.3, -0.25) is 4.79 Å². The van der Waals surface area contributed by atoms with Gasteiger partial charge in [0.25, 0.3) is 5.91 Å². The monoisotopic (exact) mass is 326 g/mol. The maximum Gasteiger partial charge on any atom is 0.337 e. The van der Waals surface area contributed by atoms with Gasteiger partial charge in [-0.1, -0.05) is 30.3 Å². The lowest BCUT2D eigenvalue weighted by Crippen LogP contribution is -2.44. The van der Waals surface area contributed by atoms with E-state index in [0.717, 1.165) is 12.8 Å². The van der Waals surface area contributed by atoms with Gasteiger partial charge in [-0.15, -0.1) is 0 Å². The van der Waals surface area contributed by atoms with Crippen LogP contribution >= 0.6 is 0 Å². The highest BCUT2D eigenvalue weighted by atomic mass is 16.4. The first-order chi connectivity index (χ1) is 11.3. The number of hydrogen-bond acceptors (Lipinski definition) is 3. The Kier molecular flexibility index (Phi) is 5.34. The van der Waals surface area contributed by atoms with Crippen molar-refractivity contribution in [2.75, 3.05) is 0 Å². The number of aryl methyl sites for hydroxylation is 2. The fourth-order valence-electron chi connectivity index (χ4n) is 2.45. The molecule has 1 amide bonds. The summed E-state index contributed by atoms with van der Waals surface area (Å²) in [7, 11) is 0. The Morgan fingerprint density at radius 1 is 1.12 bits per heavy atom. The number of pyridine rings is 1. The number of aromatic nitrogens is 1. The summed E-state index contributed by atoms with van der Waals surface area (Å²) < 4.78 is 0. The lowest BCUT2D eigenvalue weighted by atomic mass is 9.95. The third-order valence-electron chi connectivity index (χ3n) is 3.88. The molecule has 0 aliphatic rings. The molecule has 126 valence electrons. The second-order valence-electron chi connectivity index (χ2n) is 6.46. The summed E-state index contributed by atoms with van der Waals surface area (Å²) in [5.41, 5.74) is 1.49. The van der Waals surface area contributed by atoms with Crippen molar-refractivity contribution in [3.05, 3.63) is 65.0 Å². The lowest BCUT2D eigenvalue weighted by molar-refractivity contribution is 0.0694. The minimum absolute atomic E-state index is 0.106. The van der Waals surface area contributed by atoms with Crippen LogP contribution in [0.15, 0.2) is 42.5 Å². The van der Waals surface area contributed by atoms with Crippen LogP contribution < -0.4 is 5.32 Å². The predicted octanol–water partition coefficient (Wildman–Crippen LogP) is 3.23. The van der Waals surface area contributed by atoms with Crippen molar-refractivity contribution in [3.63, 3.8) is 0 Å². The van der Waals surface area contributed by atoms with Crippen LogP contribution in [0, 0.1) is 6.92 Å². The van der Waals surface area contributed by atoms with Crippen LogP contribution in [-0.2, 0) is 6.42 Å². The van der Waals surface area contributed by atoms with E-state index in [-0.39, 0.29) is 17.2 Å². The van der Waals surface area contributed by atoms with E-state index in [1.807, 2.05) is 32.0 Å². The molecular weight excluding hydrogens is 304 g/mol. The Morgan fingerprint density at radius 2 is 1.79 bits per heavy atom. The Bertz CT molecular complexity index is 740. The van der Waals surface area contributed by atoms with Gasteiger partial charge in [-0.25, -0.2) is 9.78 Å². The van der Waals surface area contributed by atoms with E-state index in [0.29, 0.717) is 5.69 Å². The highest BCUT2D eigenvalue weighted by Crippen LogP contribution is 2.15. The summed E-state index contributed by atoms with van der Waals surface area (Å²) in [6.45, 7) is 5.51. The number of aromatic carboxylic acids is 1. The van der Waals surface area contributed by atoms with Gasteiger partial charge >= 0.3 is 5.97 Å². The van der Waals surface area contributed by atoms with Gasteiger partial charge in [0.15, 0.2) is 0 Å². The van der Waals surface area contributed by atoms with Crippen LogP contribution in [0.25, 0.3) is 0 Å². The van der Waals surface area contributed by atoms with Gasteiger partial charge in [0.05, 0.1) is 11.3 Å². The number of rotatable bonds is 6. The van der Waals surface area contributed by atoms with Gasteiger partial charge in [-0.05, 0) is 51.3 Å². The molecule has 1 aromatic carbocycles. The maximum absolute atomic E-state index is 12.4. The van der Waals surface area contributed by atoms with Crippen LogP contribution in [0.5, 0.6) is 0 Å². The summed E-state index contributed by atoms with van der Waals surface area (Å²) in [5, 5.41) is 12.0.